The average molecular weight is 414 g/mol. The van der Waals surface area contributed by atoms with E-state index in [0.717, 1.165) is 15.8 Å². The van der Waals surface area contributed by atoms with Gasteiger partial charge in [-0.05, 0) is 36.8 Å². The number of thioether (sulfide) groups is 2. The summed E-state index contributed by atoms with van der Waals surface area (Å²) >= 11 is 4.69. The highest BCUT2D eigenvalue weighted by molar-refractivity contribution is 8.01. The van der Waals surface area contributed by atoms with Gasteiger partial charge < -0.3 is 0 Å². The van der Waals surface area contributed by atoms with Crippen LogP contribution in [-0.2, 0) is 5.75 Å². The van der Waals surface area contributed by atoms with Crippen LogP contribution < -0.4 is 5.32 Å². The maximum absolute atomic E-state index is 12.4. The molecule has 0 unspecified atom stereocenters. The van der Waals surface area contributed by atoms with Gasteiger partial charge in [0, 0.05) is 22.0 Å². The summed E-state index contributed by atoms with van der Waals surface area (Å²) in [6.07, 6.45) is 1.81. The number of carbonyl (C=O) groups is 1. The van der Waals surface area contributed by atoms with E-state index in [1.165, 1.54) is 27.4 Å². The van der Waals surface area contributed by atoms with E-state index in [1.54, 1.807) is 23.5 Å². The van der Waals surface area contributed by atoms with E-state index in [9.17, 15) is 4.79 Å². The Kier molecular flexibility index (Phi) is 7.09. The topological polar surface area (TPSA) is 54.9 Å². The van der Waals surface area contributed by atoms with Gasteiger partial charge >= 0.3 is 0 Å². The smallest absolute Gasteiger partial charge is 0.257 e. The van der Waals surface area contributed by atoms with Crippen LogP contribution in [0.1, 0.15) is 21.5 Å². The van der Waals surface area contributed by atoms with Crippen molar-refractivity contribution in [3.05, 3.63) is 77.9 Å². The van der Waals surface area contributed by atoms with Crippen LogP contribution in [0.3, 0.4) is 0 Å². The fraction of sp³-hybridized carbons (Fsp3) is 0.150. The summed E-state index contributed by atoms with van der Waals surface area (Å²) < 4.78 is 0.814. The van der Waals surface area contributed by atoms with Crippen molar-refractivity contribution in [2.24, 2.45) is 0 Å². The normalized spacial score (nSPS) is 10.6. The van der Waals surface area contributed by atoms with Crippen molar-refractivity contribution in [3.8, 4) is 0 Å². The molecule has 0 saturated heterocycles. The fourth-order valence-corrected chi connectivity index (χ4v) is 4.53. The number of hydrogen-bond donors (Lipinski definition) is 1. The van der Waals surface area contributed by atoms with E-state index < -0.39 is 0 Å². The molecule has 1 amide bonds. The van der Waals surface area contributed by atoms with Crippen LogP contribution in [-0.4, -0.2) is 21.9 Å². The average Bonchev–Trinajstić information content (AvgIpc) is 3.13. The first-order valence-electron chi connectivity index (χ1n) is 8.31. The van der Waals surface area contributed by atoms with E-state index >= 15 is 0 Å². The third-order valence-corrected chi connectivity index (χ3v) is 6.65. The summed E-state index contributed by atoms with van der Waals surface area (Å²) in [6.45, 7) is 5.76. The van der Waals surface area contributed by atoms with E-state index in [2.05, 4.69) is 53.3 Å². The van der Waals surface area contributed by atoms with Crippen molar-refractivity contribution >= 4 is 45.9 Å². The highest BCUT2D eigenvalue weighted by atomic mass is 32.2. The first-order valence-corrected chi connectivity index (χ1v) is 11.1. The minimum Gasteiger partial charge on any atom is -0.296 e. The summed E-state index contributed by atoms with van der Waals surface area (Å²) in [4.78, 5) is 13.6. The van der Waals surface area contributed by atoms with Crippen LogP contribution in [0.25, 0.3) is 0 Å². The van der Waals surface area contributed by atoms with Crippen LogP contribution >= 0.6 is 34.9 Å². The molecule has 3 rings (SSSR count). The van der Waals surface area contributed by atoms with E-state index in [-0.39, 0.29) is 5.91 Å². The van der Waals surface area contributed by atoms with E-state index in [1.807, 2.05) is 30.3 Å². The third-order valence-electron chi connectivity index (χ3n) is 3.59. The summed E-state index contributed by atoms with van der Waals surface area (Å²) in [6, 6.07) is 16.2. The number of aryl methyl sites for hydroxylation is 1. The number of hydrogen-bond acceptors (Lipinski definition) is 6. The Morgan fingerprint density at radius 2 is 1.85 bits per heavy atom. The molecular formula is C20H19N3OS3. The standard InChI is InChI=1S/C20H19N3OS3/c1-3-12-25-20-23-22-19(27-20)21-18(24)16-8-6-15(7-9-16)13-26-17-10-4-14(2)5-11-17/h3-11H,1,12-13H2,2H3,(H,21,22,24). The Bertz CT molecular complexity index is 905. The van der Waals surface area contributed by atoms with E-state index in [4.69, 9.17) is 0 Å². The lowest BCUT2D eigenvalue weighted by Gasteiger charge is -2.05. The van der Waals surface area contributed by atoms with Crippen molar-refractivity contribution in [2.45, 2.75) is 21.9 Å². The molecule has 0 aliphatic heterocycles. The zero-order valence-electron chi connectivity index (χ0n) is 14.8. The fourth-order valence-electron chi connectivity index (χ4n) is 2.17. The maximum Gasteiger partial charge on any atom is 0.257 e. The van der Waals surface area contributed by atoms with Crippen molar-refractivity contribution in [3.63, 3.8) is 0 Å². The monoisotopic (exact) mass is 413 g/mol. The Balaban J connectivity index is 1.54. The molecule has 0 bridgehead atoms. The lowest BCUT2D eigenvalue weighted by molar-refractivity contribution is 0.102. The molecule has 0 fully saturated rings. The molecular weight excluding hydrogens is 394 g/mol. The van der Waals surface area contributed by atoms with Gasteiger partial charge in [-0.25, -0.2) is 0 Å². The van der Waals surface area contributed by atoms with Gasteiger partial charge in [0.25, 0.3) is 5.91 Å². The molecule has 4 nitrogen and oxygen atoms in total. The Morgan fingerprint density at radius 3 is 2.56 bits per heavy atom. The zero-order valence-corrected chi connectivity index (χ0v) is 17.3. The Morgan fingerprint density at radius 1 is 1.11 bits per heavy atom. The molecule has 1 heterocycles. The van der Waals surface area contributed by atoms with Gasteiger partial charge in [-0.1, -0.05) is 59.0 Å². The molecule has 138 valence electrons. The van der Waals surface area contributed by atoms with Crippen molar-refractivity contribution in [2.75, 3.05) is 11.1 Å². The largest absolute Gasteiger partial charge is 0.296 e. The second kappa shape index (κ2) is 9.73. The highest BCUT2D eigenvalue weighted by Crippen LogP contribution is 2.26. The molecule has 3 aromatic rings. The number of rotatable bonds is 8. The number of nitrogens with one attached hydrogen (secondary N) is 1. The number of nitrogens with zero attached hydrogens (tertiary/aromatic N) is 2. The van der Waals surface area contributed by atoms with Crippen LogP contribution in [0.4, 0.5) is 5.13 Å². The lowest BCUT2D eigenvalue weighted by atomic mass is 10.1. The molecule has 0 atom stereocenters. The summed E-state index contributed by atoms with van der Waals surface area (Å²) in [5.41, 5.74) is 3.04. The van der Waals surface area contributed by atoms with Crippen LogP contribution in [0, 0.1) is 6.92 Å². The molecule has 7 heteroatoms. The number of aromatic nitrogens is 2. The highest BCUT2D eigenvalue weighted by Gasteiger charge is 2.10. The molecule has 1 aromatic heterocycles. The van der Waals surface area contributed by atoms with Crippen LogP contribution in [0.2, 0.25) is 0 Å². The third kappa shape index (κ3) is 5.95. The molecule has 27 heavy (non-hydrogen) atoms. The molecule has 0 radical (unpaired) electrons. The van der Waals surface area contributed by atoms with Crippen molar-refractivity contribution < 1.29 is 4.79 Å². The molecule has 0 spiro atoms. The van der Waals surface area contributed by atoms with Gasteiger partial charge in [0.05, 0.1) is 0 Å². The van der Waals surface area contributed by atoms with Gasteiger partial charge in [-0.3, -0.25) is 10.1 Å². The molecule has 0 aliphatic carbocycles. The van der Waals surface area contributed by atoms with Gasteiger partial charge in [0.2, 0.25) is 5.13 Å². The van der Waals surface area contributed by atoms with Gasteiger partial charge in [0.15, 0.2) is 4.34 Å². The second-order valence-electron chi connectivity index (χ2n) is 5.73. The van der Waals surface area contributed by atoms with E-state index in [0.29, 0.717) is 10.7 Å². The summed E-state index contributed by atoms with van der Waals surface area (Å²) in [5.74, 6) is 1.46. The van der Waals surface area contributed by atoms with Crippen molar-refractivity contribution in [1.82, 2.24) is 10.2 Å². The van der Waals surface area contributed by atoms with Gasteiger partial charge in [0.1, 0.15) is 0 Å². The number of anilines is 1. The quantitative estimate of drug-likeness (QED) is 0.293. The number of carbonyl (C=O) groups excluding carboxylic acids is 1. The van der Waals surface area contributed by atoms with Gasteiger partial charge in [-0.2, -0.15) is 0 Å². The predicted octanol–water partition coefficient (Wildman–Crippen LogP) is 5.67. The molecule has 0 saturated carbocycles. The SMILES string of the molecule is C=CCSc1nnc(NC(=O)c2ccc(CSc3ccc(C)cc3)cc2)s1. The molecule has 0 aliphatic rings. The molecule has 2 aromatic carbocycles. The second-order valence-corrected chi connectivity index (χ2v) is 9.02. The summed E-state index contributed by atoms with van der Waals surface area (Å²) in [7, 11) is 0. The summed E-state index contributed by atoms with van der Waals surface area (Å²) in [5, 5.41) is 11.3. The lowest BCUT2D eigenvalue weighted by Crippen LogP contribution is -2.11. The minimum absolute atomic E-state index is 0.177. The predicted molar refractivity (Wildman–Crippen MR) is 116 cm³/mol. The van der Waals surface area contributed by atoms with Crippen LogP contribution in [0.5, 0.6) is 0 Å². The number of benzene rings is 2. The zero-order chi connectivity index (χ0) is 19.1. The first kappa shape index (κ1) is 19.7. The minimum atomic E-state index is -0.177. The van der Waals surface area contributed by atoms with Gasteiger partial charge in [-0.15, -0.1) is 28.5 Å². The Hall–Kier alpha value is -2.09. The molecule has 1 N–H and O–H groups in total. The maximum atomic E-state index is 12.4. The number of amides is 1. The van der Waals surface area contributed by atoms with Crippen molar-refractivity contribution in [1.29, 1.82) is 0 Å². The Labute approximate surface area is 171 Å². The van der Waals surface area contributed by atoms with Crippen LogP contribution in [0.15, 0.2) is 70.4 Å². The first-order chi connectivity index (χ1) is 13.1.